The molecule has 2 N–H and O–H groups in total. The average molecular weight is 199 g/mol. The van der Waals surface area contributed by atoms with Gasteiger partial charge in [-0.25, -0.2) is 0 Å². The number of β-amino-alcohol motifs (C(OH)–C–C–N with tert-alkyl or cyclic N) is 1. The fourth-order valence-corrected chi connectivity index (χ4v) is 2.94. The minimum Gasteiger partial charge on any atom is -0.388 e. The van der Waals surface area contributed by atoms with Crippen LogP contribution in [0.5, 0.6) is 0 Å². The van der Waals surface area contributed by atoms with Gasteiger partial charge >= 0.3 is 0 Å². The minimum absolute atomic E-state index is 0.130. The summed E-state index contributed by atoms with van der Waals surface area (Å²) < 4.78 is 0. The Balaban J connectivity index is 2.11. The zero-order valence-corrected chi connectivity index (χ0v) is 9.38. The van der Waals surface area contributed by atoms with Crippen molar-refractivity contribution in [1.82, 2.24) is 4.90 Å². The van der Waals surface area contributed by atoms with E-state index in [1.54, 1.807) is 0 Å². The van der Waals surface area contributed by atoms with Crippen molar-refractivity contribution in [2.45, 2.75) is 56.8 Å². The molecule has 1 saturated carbocycles. The van der Waals surface area contributed by atoms with E-state index in [4.69, 9.17) is 0 Å². The van der Waals surface area contributed by atoms with Gasteiger partial charge in [0.2, 0.25) is 0 Å². The van der Waals surface area contributed by atoms with Crippen LogP contribution in [-0.2, 0) is 0 Å². The fourth-order valence-electron chi connectivity index (χ4n) is 2.94. The lowest BCUT2D eigenvalue weighted by Crippen LogP contribution is -2.71. The number of nitrogens with zero attached hydrogens (tertiary/aromatic N) is 1. The first-order chi connectivity index (χ1) is 6.27. The van der Waals surface area contributed by atoms with Crippen molar-refractivity contribution in [3.63, 3.8) is 0 Å². The van der Waals surface area contributed by atoms with E-state index in [1.165, 1.54) is 0 Å². The van der Waals surface area contributed by atoms with Crippen LogP contribution in [0.15, 0.2) is 0 Å². The van der Waals surface area contributed by atoms with Crippen LogP contribution in [0.3, 0.4) is 0 Å². The maximum absolute atomic E-state index is 10.3. The molecule has 0 aromatic heterocycles. The second kappa shape index (κ2) is 2.71. The Hall–Kier alpha value is -0.120. The number of rotatable bonds is 1. The highest BCUT2D eigenvalue weighted by molar-refractivity contribution is 5.11. The van der Waals surface area contributed by atoms with Gasteiger partial charge in [-0.15, -0.1) is 0 Å². The highest BCUT2D eigenvalue weighted by atomic mass is 16.3. The van der Waals surface area contributed by atoms with Crippen LogP contribution in [0, 0.1) is 0 Å². The third-order valence-electron chi connectivity index (χ3n) is 4.25. The molecule has 3 heteroatoms. The zero-order valence-electron chi connectivity index (χ0n) is 9.38. The maximum Gasteiger partial charge on any atom is 0.0872 e. The van der Waals surface area contributed by atoms with Crippen molar-refractivity contribution in [3.05, 3.63) is 0 Å². The molecule has 0 spiro atoms. The first-order valence-corrected chi connectivity index (χ1v) is 5.47. The van der Waals surface area contributed by atoms with E-state index in [-0.39, 0.29) is 5.54 Å². The van der Waals surface area contributed by atoms with Crippen LogP contribution in [-0.4, -0.2) is 44.9 Å². The second-order valence-electron chi connectivity index (χ2n) is 5.75. The summed E-state index contributed by atoms with van der Waals surface area (Å²) in [4.78, 5) is 2.22. The molecule has 14 heavy (non-hydrogen) atoms. The molecule has 0 amide bonds. The van der Waals surface area contributed by atoms with E-state index in [0.717, 1.165) is 19.3 Å². The highest BCUT2D eigenvalue weighted by Crippen LogP contribution is 2.46. The summed E-state index contributed by atoms with van der Waals surface area (Å²) in [6, 6.07) is 0. The van der Waals surface area contributed by atoms with E-state index < -0.39 is 11.2 Å². The summed E-state index contributed by atoms with van der Waals surface area (Å²) >= 11 is 0. The third-order valence-corrected chi connectivity index (χ3v) is 4.25. The van der Waals surface area contributed by atoms with E-state index >= 15 is 0 Å². The predicted molar refractivity (Wildman–Crippen MR) is 55.1 cm³/mol. The smallest absolute Gasteiger partial charge is 0.0872 e. The second-order valence-corrected chi connectivity index (χ2v) is 5.75. The number of aliphatic hydroxyl groups is 2. The monoisotopic (exact) mass is 199 g/mol. The summed E-state index contributed by atoms with van der Waals surface area (Å²) in [6.07, 6.45) is 3.00. The van der Waals surface area contributed by atoms with Crippen molar-refractivity contribution < 1.29 is 10.2 Å². The minimum atomic E-state index is -0.594. The topological polar surface area (TPSA) is 43.7 Å². The Morgan fingerprint density at radius 1 is 1.00 bits per heavy atom. The molecule has 1 aliphatic heterocycles. The Morgan fingerprint density at radius 3 is 1.93 bits per heavy atom. The first-order valence-electron chi connectivity index (χ1n) is 5.47. The molecule has 0 aromatic carbocycles. The van der Waals surface area contributed by atoms with Gasteiger partial charge in [0.1, 0.15) is 0 Å². The van der Waals surface area contributed by atoms with Crippen LogP contribution in [0.4, 0.5) is 0 Å². The molecule has 2 aliphatic rings. The van der Waals surface area contributed by atoms with Gasteiger partial charge in [0.15, 0.2) is 0 Å². The van der Waals surface area contributed by atoms with E-state index in [0.29, 0.717) is 13.1 Å². The van der Waals surface area contributed by atoms with Gasteiger partial charge in [-0.2, -0.15) is 0 Å². The van der Waals surface area contributed by atoms with E-state index in [1.807, 2.05) is 13.8 Å². The Morgan fingerprint density at radius 2 is 1.57 bits per heavy atom. The molecule has 0 aromatic rings. The lowest BCUT2D eigenvalue weighted by atomic mass is 9.79. The normalized spacial score (nSPS) is 47.8. The quantitative estimate of drug-likeness (QED) is 0.655. The lowest BCUT2D eigenvalue weighted by molar-refractivity contribution is -0.172. The number of likely N-dealkylation sites (tertiary alicyclic amines) is 1. The van der Waals surface area contributed by atoms with E-state index in [2.05, 4.69) is 11.8 Å². The molecule has 0 bridgehead atoms. The molecule has 82 valence electrons. The van der Waals surface area contributed by atoms with E-state index in [9.17, 15) is 10.2 Å². The van der Waals surface area contributed by atoms with Crippen molar-refractivity contribution in [3.8, 4) is 0 Å². The van der Waals surface area contributed by atoms with Crippen molar-refractivity contribution in [2.75, 3.05) is 13.1 Å². The Labute approximate surface area is 85.7 Å². The largest absolute Gasteiger partial charge is 0.388 e. The predicted octanol–water partition coefficient (Wildman–Crippen LogP) is 0.747. The first kappa shape index (κ1) is 10.4. The maximum atomic E-state index is 10.3. The molecule has 1 heterocycles. The van der Waals surface area contributed by atoms with Gasteiger partial charge in [0.05, 0.1) is 11.2 Å². The molecule has 2 atom stereocenters. The molecule has 1 saturated heterocycles. The summed E-state index contributed by atoms with van der Waals surface area (Å²) in [6.45, 7) is 7.29. The number of hydrogen-bond donors (Lipinski definition) is 2. The molecule has 1 aliphatic carbocycles. The molecular weight excluding hydrogens is 178 g/mol. The summed E-state index contributed by atoms with van der Waals surface area (Å²) in [7, 11) is 0. The van der Waals surface area contributed by atoms with Gasteiger partial charge in [-0.1, -0.05) is 0 Å². The average Bonchev–Trinajstić information content (AvgIpc) is 2.23. The summed E-state index contributed by atoms with van der Waals surface area (Å²) in [5.41, 5.74) is -1.26. The van der Waals surface area contributed by atoms with Gasteiger partial charge < -0.3 is 10.2 Å². The molecule has 0 radical (unpaired) electrons. The van der Waals surface area contributed by atoms with Gasteiger partial charge in [0.25, 0.3) is 0 Å². The highest BCUT2D eigenvalue weighted by Gasteiger charge is 2.56. The molecule has 2 fully saturated rings. The zero-order chi connectivity index (χ0) is 10.6. The molecule has 3 nitrogen and oxygen atoms in total. The van der Waals surface area contributed by atoms with Crippen molar-refractivity contribution >= 4 is 0 Å². The van der Waals surface area contributed by atoms with Crippen LogP contribution < -0.4 is 0 Å². The summed E-state index contributed by atoms with van der Waals surface area (Å²) in [5.74, 6) is 0. The Kier molecular flexibility index (Phi) is 2.02. The molecular formula is C11H21NO2. The van der Waals surface area contributed by atoms with Gasteiger partial charge in [-0.3, -0.25) is 4.90 Å². The fraction of sp³-hybridized carbons (Fsp3) is 1.00. The van der Waals surface area contributed by atoms with Gasteiger partial charge in [-0.05, 0) is 40.0 Å². The van der Waals surface area contributed by atoms with Crippen molar-refractivity contribution in [1.29, 1.82) is 0 Å². The summed E-state index contributed by atoms with van der Waals surface area (Å²) in [5, 5.41) is 20.0. The molecule has 2 unspecified atom stereocenters. The molecule has 2 rings (SSSR count). The van der Waals surface area contributed by atoms with Crippen LogP contribution >= 0.6 is 0 Å². The van der Waals surface area contributed by atoms with Crippen LogP contribution in [0.1, 0.15) is 40.0 Å². The standard InChI is InChI=1S/C11H21NO2/c1-9(13)7-12(8-9)10(2)5-4-6-11(10,3)14/h13-14H,4-8H2,1-3H3. The lowest BCUT2D eigenvalue weighted by Gasteiger charge is -2.56. The SMILES string of the molecule is CC1(O)CN(C2(C)CCCC2(C)O)C1. The Bertz CT molecular complexity index is 242. The van der Waals surface area contributed by atoms with Crippen LogP contribution in [0.2, 0.25) is 0 Å². The van der Waals surface area contributed by atoms with Crippen molar-refractivity contribution in [2.24, 2.45) is 0 Å². The third kappa shape index (κ3) is 1.30. The van der Waals surface area contributed by atoms with Gasteiger partial charge in [0, 0.05) is 18.6 Å². The van der Waals surface area contributed by atoms with Crippen LogP contribution in [0.25, 0.3) is 0 Å². The number of hydrogen-bond acceptors (Lipinski definition) is 3.